The summed E-state index contributed by atoms with van der Waals surface area (Å²) >= 11 is 0. The first-order valence-corrected chi connectivity index (χ1v) is 8.24. The minimum atomic E-state index is -0.317. The second kappa shape index (κ2) is 8.67. The van der Waals surface area contributed by atoms with Gasteiger partial charge in [0.1, 0.15) is 6.04 Å². The van der Waals surface area contributed by atoms with Crippen LogP contribution in [0.2, 0.25) is 0 Å². The van der Waals surface area contributed by atoms with Crippen LogP contribution in [0.5, 0.6) is 0 Å². The Morgan fingerprint density at radius 1 is 1.25 bits per heavy atom. The monoisotopic (exact) mass is 345 g/mol. The lowest BCUT2D eigenvalue weighted by Crippen LogP contribution is -2.35. The van der Waals surface area contributed by atoms with E-state index in [1.165, 1.54) is 7.11 Å². The van der Waals surface area contributed by atoms with Crippen LogP contribution in [0, 0.1) is 0 Å². The molecule has 0 radical (unpaired) electrons. The van der Waals surface area contributed by atoms with Gasteiger partial charge in [0.05, 0.1) is 7.11 Å². The molecule has 0 saturated carbocycles. The first-order valence-electron chi connectivity index (χ1n) is 7.73. The highest BCUT2D eigenvalue weighted by Gasteiger charge is 2.21. The lowest BCUT2D eigenvalue weighted by atomic mass is 10.1. The number of methoxy groups -OCH3 is 1. The number of nitrogen functional groups attached to an aromatic ring is 1. The van der Waals surface area contributed by atoms with E-state index in [-0.39, 0.29) is 12.0 Å². The third-order valence-corrected chi connectivity index (χ3v) is 4.25. The summed E-state index contributed by atoms with van der Waals surface area (Å²) in [5, 5.41) is 3.35. The number of anilines is 2. The van der Waals surface area contributed by atoms with Crippen LogP contribution in [-0.2, 0) is 22.5 Å². The highest BCUT2D eigenvalue weighted by atomic mass is 31.0. The number of esters is 1. The number of carbonyl (C=O) groups excluding carboxylic acids is 1. The van der Waals surface area contributed by atoms with Crippen molar-refractivity contribution in [2.24, 2.45) is 0 Å². The third-order valence-electron chi connectivity index (χ3n) is 3.89. The van der Waals surface area contributed by atoms with Gasteiger partial charge >= 0.3 is 5.97 Å². The maximum atomic E-state index is 11.8. The summed E-state index contributed by atoms with van der Waals surface area (Å²) in [6.07, 6.45) is 0.596. The molecule has 0 amide bonds. The van der Waals surface area contributed by atoms with Gasteiger partial charge in [0.25, 0.3) is 0 Å². The van der Waals surface area contributed by atoms with Crippen molar-refractivity contribution < 1.29 is 9.53 Å². The molecule has 2 rings (SSSR count). The third kappa shape index (κ3) is 4.95. The molecule has 0 aromatic heterocycles. The van der Waals surface area contributed by atoms with Crippen molar-refractivity contribution in [1.29, 1.82) is 0 Å². The van der Waals surface area contributed by atoms with Gasteiger partial charge in [-0.05, 0) is 42.8 Å². The van der Waals surface area contributed by atoms with Crippen molar-refractivity contribution in [3.05, 3.63) is 59.7 Å². The first-order chi connectivity index (χ1) is 11.5. The van der Waals surface area contributed by atoms with Crippen molar-refractivity contribution in [3.63, 3.8) is 0 Å². The lowest BCUT2D eigenvalue weighted by Gasteiger charge is -2.21. The molecule has 0 saturated heterocycles. The van der Waals surface area contributed by atoms with E-state index in [1.54, 1.807) is 4.67 Å². The van der Waals surface area contributed by atoms with Crippen molar-refractivity contribution in [2.45, 2.75) is 19.0 Å². The van der Waals surface area contributed by atoms with Gasteiger partial charge in [-0.25, -0.2) is 0 Å². The lowest BCUT2D eigenvalue weighted by molar-refractivity contribution is -0.144. The molecule has 2 aromatic rings. The number of benzene rings is 2. The number of carbonyl (C=O) groups is 1. The van der Waals surface area contributed by atoms with Gasteiger partial charge < -0.3 is 15.8 Å². The molecule has 24 heavy (non-hydrogen) atoms. The Morgan fingerprint density at radius 2 is 1.92 bits per heavy atom. The summed E-state index contributed by atoms with van der Waals surface area (Å²) in [7, 11) is 5.77. The van der Waals surface area contributed by atoms with E-state index in [4.69, 9.17) is 10.5 Å². The largest absolute Gasteiger partial charge is 0.468 e. The molecule has 0 aliphatic carbocycles. The molecule has 128 valence electrons. The van der Waals surface area contributed by atoms with Gasteiger partial charge in [-0.2, -0.15) is 0 Å². The average Bonchev–Trinajstić information content (AvgIpc) is 2.59. The van der Waals surface area contributed by atoms with Crippen molar-refractivity contribution >= 4 is 26.7 Å². The fraction of sp³-hybridized carbons (Fsp3) is 0.278. The van der Waals surface area contributed by atoms with Crippen molar-refractivity contribution in [1.82, 2.24) is 4.67 Å². The van der Waals surface area contributed by atoms with Crippen LogP contribution in [0.15, 0.2) is 48.5 Å². The molecule has 5 nitrogen and oxygen atoms in total. The number of hydrogen-bond acceptors (Lipinski definition) is 5. The zero-order chi connectivity index (χ0) is 17.5. The van der Waals surface area contributed by atoms with E-state index in [9.17, 15) is 4.79 Å². The molecule has 3 N–H and O–H groups in total. The molecular weight excluding hydrogens is 321 g/mol. The number of nitrogens with zero attached hydrogens (tertiary/aromatic N) is 1. The molecule has 2 aromatic carbocycles. The summed E-state index contributed by atoms with van der Waals surface area (Å²) in [6.45, 7) is 0.672. The average molecular weight is 345 g/mol. The van der Waals surface area contributed by atoms with Gasteiger partial charge in [-0.15, -0.1) is 0 Å². The number of likely N-dealkylation sites (N-methyl/N-ethyl adjacent to an activating group) is 1. The molecule has 0 fully saturated rings. The molecule has 0 aliphatic rings. The van der Waals surface area contributed by atoms with E-state index < -0.39 is 0 Å². The van der Waals surface area contributed by atoms with Crippen LogP contribution >= 0.6 is 9.39 Å². The second-order valence-electron chi connectivity index (χ2n) is 5.66. The number of nitrogens with one attached hydrogen (secondary N) is 1. The van der Waals surface area contributed by atoms with Crippen LogP contribution in [0.25, 0.3) is 0 Å². The zero-order valence-electron chi connectivity index (χ0n) is 14.0. The van der Waals surface area contributed by atoms with Gasteiger partial charge in [-0.1, -0.05) is 39.7 Å². The van der Waals surface area contributed by atoms with E-state index in [2.05, 4.69) is 14.7 Å². The number of rotatable bonds is 7. The molecule has 0 heterocycles. The van der Waals surface area contributed by atoms with Crippen molar-refractivity contribution in [3.8, 4) is 0 Å². The highest BCUT2D eigenvalue weighted by Crippen LogP contribution is 2.17. The predicted octanol–water partition coefficient (Wildman–Crippen LogP) is 2.69. The summed E-state index contributed by atoms with van der Waals surface area (Å²) in [4.78, 5) is 11.8. The predicted molar refractivity (Wildman–Crippen MR) is 102 cm³/mol. The Hall–Kier alpha value is -2.10. The standard InChI is InChI=1S/C18H24N3O2P/c1-21(24)17(18(22)23-2)11-13-7-9-15(10-8-13)20-12-14-5-3-4-6-16(14)19/h3-10,17,20H,11-12,19,24H2,1-2H3/t17-/m0/s1. The fourth-order valence-electron chi connectivity index (χ4n) is 2.40. The second-order valence-corrected chi connectivity index (χ2v) is 6.47. The van der Waals surface area contributed by atoms with Crippen LogP contribution in [0.1, 0.15) is 11.1 Å². The Bertz CT molecular complexity index is 674. The number of ether oxygens (including phenoxy) is 1. The molecule has 2 atom stereocenters. The summed E-state index contributed by atoms with van der Waals surface area (Å²) in [6, 6.07) is 15.5. The molecule has 0 bridgehead atoms. The maximum Gasteiger partial charge on any atom is 0.323 e. The SMILES string of the molecule is COC(=O)[C@H](Cc1ccc(NCc2ccccc2N)cc1)N(C)P. The molecule has 6 heteroatoms. The first kappa shape index (κ1) is 18.2. The smallest absolute Gasteiger partial charge is 0.323 e. The molecule has 1 unspecified atom stereocenters. The van der Waals surface area contributed by atoms with Crippen LogP contribution in [-0.4, -0.2) is 30.8 Å². The van der Waals surface area contributed by atoms with E-state index in [0.29, 0.717) is 13.0 Å². The molecule has 0 aliphatic heterocycles. The van der Waals surface area contributed by atoms with E-state index in [1.807, 2.05) is 55.6 Å². The molecule has 0 spiro atoms. The summed E-state index contributed by atoms with van der Waals surface area (Å²) < 4.78 is 6.64. The Kier molecular flexibility index (Phi) is 6.59. The summed E-state index contributed by atoms with van der Waals surface area (Å²) in [5.74, 6) is -0.241. The van der Waals surface area contributed by atoms with Crippen molar-refractivity contribution in [2.75, 3.05) is 25.2 Å². The van der Waals surface area contributed by atoms with E-state index >= 15 is 0 Å². The van der Waals surface area contributed by atoms with Gasteiger partial charge in [-0.3, -0.25) is 9.46 Å². The Labute approximate surface area is 145 Å². The Morgan fingerprint density at radius 3 is 2.50 bits per heavy atom. The molecular formula is C18H24N3O2P. The topological polar surface area (TPSA) is 67.6 Å². The fourth-order valence-corrected chi connectivity index (χ4v) is 2.63. The quantitative estimate of drug-likeness (QED) is 0.459. The van der Waals surface area contributed by atoms with Gasteiger partial charge in [0.15, 0.2) is 0 Å². The number of nitrogens with two attached hydrogens (primary N) is 1. The van der Waals surface area contributed by atoms with Crippen LogP contribution < -0.4 is 11.1 Å². The van der Waals surface area contributed by atoms with E-state index in [0.717, 1.165) is 22.5 Å². The minimum absolute atomic E-state index is 0.241. The highest BCUT2D eigenvalue weighted by molar-refractivity contribution is 7.13. The number of hydrogen-bond donors (Lipinski definition) is 2. The van der Waals surface area contributed by atoms with Crippen LogP contribution in [0.4, 0.5) is 11.4 Å². The Balaban J connectivity index is 1.97. The maximum absolute atomic E-state index is 11.8. The van der Waals surface area contributed by atoms with Gasteiger partial charge in [0, 0.05) is 17.9 Å². The normalized spacial score (nSPS) is 12.0. The van der Waals surface area contributed by atoms with Gasteiger partial charge in [0.2, 0.25) is 0 Å². The minimum Gasteiger partial charge on any atom is -0.468 e. The zero-order valence-corrected chi connectivity index (χ0v) is 15.2. The van der Waals surface area contributed by atoms with Crippen LogP contribution in [0.3, 0.4) is 0 Å². The summed E-state index contributed by atoms with van der Waals surface area (Å²) in [5.41, 5.74) is 9.88. The number of para-hydroxylation sites is 1.